The summed E-state index contributed by atoms with van der Waals surface area (Å²) in [5.41, 5.74) is 1.19. The zero-order valence-corrected chi connectivity index (χ0v) is 13.8. The van der Waals surface area contributed by atoms with Crippen LogP contribution in [0.2, 0.25) is 0 Å². The Morgan fingerprint density at radius 2 is 1.95 bits per heavy atom. The zero-order chi connectivity index (χ0) is 15.8. The van der Waals surface area contributed by atoms with Crippen molar-refractivity contribution in [2.75, 3.05) is 13.7 Å². The number of benzene rings is 1. The Hall–Kier alpha value is -1.90. The summed E-state index contributed by atoms with van der Waals surface area (Å²) in [4.78, 5) is 0. The van der Waals surface area contributed by atoms with E-state index in [-0.39, 0.29) is 0 Å². The van der Waals surface area contributed by atoms with Gasteiger partial charge in [0.25, 0.3) is 0 Å². The number of aryl methyl sites for hydroxylation is 1. The average Bonchev–Trinajstić information content (AvgIpc) is 3.03. The van der Waals surface area contributed by atoms with Crippen molar-refractivity contribution < 1.29 is 13.9 Å². The first-order valence-electron chi connectivity index (χ1n) is 8.04. The van der Waals surface area contributed by atoms with E-state index in [0.717, 1.165) is 49.5 Å². The molecule has 0 aliphatic carbocycles. The molecule has 0 saturated carbocycles. The molecular formula is C19H26O3. The van der Waals surface area contributed by atoms with Gasteiger partial charge in [0.2, 0.25) is 0 Å². The molecule has 2 aromatic rings. The summed E-state index contributed by atoms with van der Waals surface area (Å²) in [6, 6.07) is 10.0. The van der Waals surface area contributed by atoms with Crippen LogP contribution < -0.4 is 9.47 Å². The van der Waals surface area contributed by atoms with Crippen molar-refractivity contribution in [1.82, 2.24) is 0 Å². The van der Waals surface area contributed by atoms with Gasteiger partial charge in [-0.25, -0.2) is 0 Å². The van der Waals surface area contributed by atoms with E-state index in [1.165, 1.54) is 5.56 Å². The fourth-order valence-electron chi connectivity index (χ4n) is 2.48. The lowest BCUT2D eigenvalue weighted by Gasteiger charge is -2.14. The van der Waals surface area contributed by atoms with Crippen molar-refractivity contribution in [1.29, 1.82) is 0 Å². The van der Waals surface area contributed by atoms with E-state index < -0.39 is 0 Å². The minimum absolute atomic E-state index is 0.423. The molecule has 0 aliphatic heterocycles. The Labute approximate surface area is 133 Å². The van der Waals surface area contributed by atoms with Crippen molar-refractivity contribution >= 4 is 0 Å². The van der Waals surface area contributed by atoms with Gasteiger partial charge in [0, 0.05) is 12.0 Å². The molecule has 2 rings (SSSR count). The molecule has 120 valence electrons. The highest BCUT2D eigenvalue weighted by Gasteiger charge is 2.08. The Morgan fingerprint density at radius 1 is 1.09 bits per heavy atom. The molecule has 0 atom stereocenters. The fourth-order valence-corrected chi connectivity index (χ4v) is 2.48. The number of rotatable bonds is 9. The second-order valence-electron chi connectivity index (χ2n) is 5.80. The summed E-state index contributed by atoms with van der Waals surface area (Å²) in [7, 11) is 1.71. The maximum Gasteiger partial charge on any atom is 0.122 e. The molecule has 3 heteroatoms. The van der Waals surface area contributed by atoms with E-state index in [0.29, 0.717) is 5.92 Å². The minimum atomic E-state index is 0.423. The highest BCUT2D eigenvalue weighted by Crippen LogP contribution is 2.30. The molecular weight excluding hydrogens is 276 g/mol. The molecule has 0 amide bonds. The van der Waals surface area contributed by atoms with E-state index in [9.17, 15) is 0 Å². The van der Waals surface area contributed by atoms with Crippen LogP contribution in [0.5, 0.6) is 11.5 Å². The number of hydrogen-bond acceptors (Lipinski definition) is 3. The number of methoxy groups -OCH3 is 1. The monoisotopic (exact) mass is 302 g/mol. The lowest BCUT2D eigenvalue weighted by molar-refractivity contribution is 0.303. The Balaban J connectivity index is 1.71. The fraction of sp³-hybridized carbons (Fsp3) is 0.474. The van der Waals surface area contributed by atoms with Gasteiger partial charge in [0.05, 0.1) is 20.0 Å². The molecule has 0 bridgehead atoms. The smallest absolute Gasteiger partial charge is 0.122 e. The average molecular weight is 302 g/mol. The molecule has 0 aliphatic rings. The van der Waals surface area contributed by atoms with Crippen molar-refractivity contribution in [3.05, 3.63) is 47.9 Å². The molecule has 0 fully saturated rings. The topological polar surface area (TPSA) is 31.6 Å². The summed E-state index contributed by atoms with van der Waals surface area (Å²) in [6.45, 7) is 5.08. The molecule has 1 heterocycles. The second kappa shape index (κ2) is 8.52. The minimum Gasteiger partial charge on any atom is -0.496 e. The zero-order valence-electron chi connectivity index (χ0n) is 13.8. The van der Waals surface area contributed by atoms with E-state index in [1.54, 1.807) is 13.4 Å². The molecule has 22 heavy (non-hydrogen) atoms. The van der Waals surface area contributed by atoms with Gasteiger partial charge in [-0.1, -0.05) is 13.8 Å². The van der Waals surface area contributed by atoms with Gasteiger partial charge in [0.15, 0.2) is 0 Å². The molecule has 0 spiro atoms. The normalized spacial score (nSPS) is 10.9. The van der Waals surface area contributed by atoms with Crippen LogP contribution in [-0.4, -0.2) is 13.7 Å². The first-order chi connectivity index (χ1) is 10.7. The van der Waals surface area contributed by atoms with Crippen LogP contribution in [0, 0.1) is 0 Å². The van der Waals surface area contributed by atoms with Gasteiger partial charge in [-0.3, -0.25) is 0 Å². The van der Waals surface area contributed by atoms with E-state index >= 15 is 0 Å². The van der Waals surface area contributed by atoms with Gasteiger partial charge >= 0.3 is 0 Å². The SMILES string of the molecule is COc1ccc(OCCCCCc2ccco2)cc1C(C)C. The Bertz CT molecular complexity index is 544. The van der Waals surface area contributed by atoms with Crippen LogP contribution >= 0.6 is 0 Å². The lowest BCUT2D eigenvalue weighted by Crippen LogP contribution is -2.00. The van der Waals surface area contributed by atoms with Crippen molar-refractivity contribution in [3.8, 4) is 11.5 Å². The van der Waals surface area contributed by atoms with Gasteiger partial charge in [0.1, 0.15) is 17.3 Å². The van der Waals surface area contributed by atoms with Crippen LogP contribution in [0.1, 0.15) is 50.4 Å². The Morgan fingerprint density at radius 3 is 2.64 bits per heavy atom. The van der Waals surface area contributed by atoms with Crippen LogP contribution in [-0.2, 0) is 6.42 Å². The predicted octanol–water partition coefficient (Wildman–Crippen LogP) is 5.20. The van der Waals surface area contributed by atoms with Crippen molar-refractivity contribution in [2.24, 2.45) is 0 Å². The summed E-state index contributed by atoms with van der Waals surface area (Å²) in [6.07, 6.45) is 6.08. The quantitative estimate of drug-likeness (QED) is 0.596. The maximum absolute atomic E-state index is 5.85. The van der Waals surface area contributed by atoms with E-state index in [4.69, 9.17) is 13.9 Å². The number of ether oxygens (including phenoxy) is 2. The third kappa shape index (κ3) is 4.83. The number of unbranched alkanes of at least 4 members (excludes halogenated alkanes) is 2. The van der Waals surface area contributed by atoms with Gasteiger partial charge < -0.3 is 13.9 Å². The molecule has 0 saturated heterocycles. The highest BCUT2D eigenvalue weighted by atomic mass is 16.5. The molecule has 0 unspecified atom stereocenters. The Kier molecular flexibility index (Phi) is 6.38. The summed E-state index contributed by atoms with van der Waals surface area (Å²) < 4.78 is 16.6. The van der Waals surface area contributed by atoms with E-state index in [2.05, 4.69) is 19.9 Å². The van der Waals surface area contributed by atoms with Gasteiger partial charge in [-0.15, -0.1) is 0 Å². The third-order valence-electron chi connectivity index (χ3n) is 3.74. The molecule has 1 aromatic carbocycles. The van der Waals surface area contributed by atoms with Crippen LogP contribution in [0.3, 0.4) is 0 Å². The summed E-state index contributed by atoms with van der Waals surface area (Å²) >= 11 is 0. The van der Waals surface area contributed by atoms with Crippen molar-refractivity contribution in [3.63, 3.8) is 0 Å². The summed E-state index contributed by atoms with van der Waals surface area (Å²) in [5, 5.41) is 0. The second-order valence-corrected chi connectivity index (χ2v) is 5.80. The van der Waals surface area contributed by atoms with Crippen LogP contribution in [0.15, 0.2) is 41.0 Å². The first kappa shape index (κ1) is 16.5. The molecule has 0 N–H and O–H groups in total. The van der Waals surface area contributed by atoms with E-state index in [1.807, 2.05) is 24.3 Å². The number of furan rings is 1. The number of hydrogen-bond donors (Lipinski definition) is 0. The highest BCUT2D eigenvalue weighted by molar-refractivity contribution is 5.42. The molecule has 3 nitrogen and oxygen atoms in total. The first-order valence-corrected chi connectivity index (χ1v) is 8.04. The van der Waals surface area contributed by atoms with Crippen LogP contribution in [0.25, 0.3) is 0 Å². The standard InChI is InChI=1S/C19H26O3/c1-15(2)18-14-17(10-11-19(18)20-3)22-12-6-4-5-8-16-9-7-13-21-16/h7,9-11,13-15H,4-6,8,12H2,1-3H3. The van der Waals surface area contributed by atoms with Crippen LogP contribution in [0.4, 0.5) is 0 Å². The predicted molar refractivity (Wildman–Crippen MR) is 88.8 cm³/mol. The lowest BCUT2D eigenvalue weighted by atomic mass is 10.0. The summed E-state index contributed by atoms with van der Waals surface area (Å²) in [5.74, 6) is 3.35. The largest absolute Gasteiger partial charge is 0.496 e. The molecule has 1 aromatic heterocycles. The third-order valence-corrected chi connectivity index (χ3v) is 3.74. The maximum atomic E-state index is 5.85. The van der Waals surface area contributed by atoms with Gasteiger partial charge in [-0.05, 0) is 55.5 Å². The van der Waals surface area contributed by atoms with Gasteiger partial charge in [-0.2, -0.15) is 0 Å². The molecule has 0 radical (unpaired) electrons. The van der Waals surface area contributed by atoms with Crippen molar-refractivity contribution in [2.45, 2.75) is 45.4 Å².